The lowest BCUT2D eigenvalue weighted by Gasteiger charge is -2.19. The molecule has 21 heavy (non-hydrogen) atoms. The van der Waals surface area contributed by atoms with Crippen molar-refractivity contribution in [1.29, 1.82) is 0 Å². The van der Waals surface area contributed by atoms with Crippen molar-refractivity contribution in [2.75, 3.05) is 0 Å². The molecular weight excluding hydrogens is 354 g/mol. The number of hydrogen-bond acceptors (Lipinski definition) is 3. The van der Waals surface area contributed by atoms with Gasteiger partial charge in [0.05, 0.1) is 10.6 Å². The zero-order valence-corrected chi connectivity index (χ0v) is 13.1. The van der Waals surface area contributed by atoms with Crippen LogP contribution in [-0.4, -0.2) is 14.2 Å². The number of rotatable bonds is 1. The number of ketones is 1. The van der Waals surface area contributed by atoms with Gasteiger partial charge in [0.15, 0.2) is 0 Å². The van der Waals surface area contributed by atoms with Crippen molar-refractivity contribution in [3.63, 3.8) is 0 Å². The summed E-state index contributed by atoms with van der Waals surface area (Å²) < 4.78 is 27.5. The van der Waals surface area contributed by atoms with Crippen LogP contribution < -0.4 is 4.72 Å². The smallest absolute Gasteiger partial charge is 0.262 e. The molecule has 1 aliphatic heterocycles. The summed E-state index contributed by atoms with van der Waals surface area (Å²) in [6, 6.07) is 13.4. The van der Waals surface area contributed by atoms with Crippen LogP contribution in [0.25, 0.3) is 6.08 Å². The van der Waals surface area contributed by atoms with Crippen molar-refractivity contribution in [3.8, 4) is 0 Å². The maximum absolute atomic E-state index is 12.4. The van der Waals surface area contributed by atoms with Gasteiger partial charge in [-0.25, -0.2) is 8.42 Å². The molecule has 0 fully saturated rings. The molecule has 106 valence electrons. The minimum Gasteiger partial charge on any atom is -0.287 e. The highest BCUT2D eigenvalue weighted by Crippen LogP contribution is 2.25. The molecule has 2 aromatic rings. The summed E-state index contributed by atoms with van der Waals surface area (Å²) in [4.78, 5) is 12.4. The van der Waals surface area contributed by atoms with E-state index < -0.39 is 10.0 Å². The quantitative estimate of drug-likeness (QED) is 0.792. The number of halogens is 1. The number of carbonyl (C=O) groups is 1. The fraction of sp³-hybridized carbons (Fsp3) is 0. The first-order valence-electron chi connectivity index (χ1n) is 6.11. The lowest BCUT2D eigenvalue weighted by atomic mass is 10.1. The van der Waals surface area contributed by atoms with E-state index in [4.69, 9.17) is 0 Å². The van der Waals surface area contributed by atoms with Crippen LogP contribution in [0.2, 0.25) is 0 Å². The first-order chi connectivity index (χ1) is 9.97. The van der Waals surface area contributed by atoms with Gasteiger partial charge in [0, 0.05) is 10.0 Å². The number of benzene rings is 2. The Balaban J connectivity index is 2.13. The van der Waals surface area contributed by atoms with Crippen LogP contribution >= 0.6 is 15.9 Å². The number of hydrogen-bond donors (Lipinski definition) is 1. The van der Waals surface area contributed by atoms with Crippen molar-refractivity contribution >= 4 is 37.8 Å². The van der Waals surface area contributed by atoms with Crippen LogP contribution in [0.5, 0.6) is 0 Å². The molecule has 0 saturated heterocycles. The molecule has 0 aliphatic carbocycles. The minimum absolute atomic E-state index is 0.0152. The van der Waals surface area contributed by atoms with Crippen molar-refractivity contribution in [2.24, 2.45) is 0 Å². The molecule has 0 unspecified atom stereocenters. The molecule has 0 atom stereocenters. The molecule has 1 aliphatic rings. The average molecular weight is 364 g/mol. The van der Waals surface area contributed by atoms with E-state index in [0.29, 0.717) is 0 Å². The number of nitrogens with one attached hydrogen (secondary N) is 1. The Kier molecular flexibility index (Phi) is 3.43. The molecule has 2 aromatic carbocycles. The van der Waals surface area contributed by atoms with Gasteiger partial charge in [-0.2, -0.15) is 0 Å². The van der Waals surface area contributed by atoms with Gasteiger partial charge in [0.1, 0.15) is 0 Å². The summed E-state index contributed by atoms with van der Waals surface area (Å²) in [5.41, 5.74) is 0.971. The Labute approximate surface area is 130 Å². The number of Topliss-reactive ketones (excluding diaryl/α,β-unsaturated/α-hetero) is 1. The molecule has 4 nitrogen and oxygen atoms in total. The highest BCUT2D eigenvalue weighted by atomic mass is 79.9. The van der Waals surface area contributed by atoms with E-state index in [2.05, 4.69) is 20.7 Å². The lowest BCUT2D eigenvalue weighted by Crippen LogP contribution is -2.34. The topological polar surface area (TPSA) is 63.2 Å². The van der Waals surface area contributed by atoms with Crippen molar-refractivity contribution < 1.29 is 13.2 Å². The van der Waals surface area contributed by atoms with Gasteiger partial charge >= 0.3 is 0 Å². The number of fused-ring (bicyclic) bond motifs is 1. The van der Waals surface area contributed by atoms with Crippen LogP contribution in [0.4, 0.5) is 0 Å². The molecule has 6 heteroatoms. The molecule has 3 rings (SSSR count). The van der Waals surface area contributed by atoms with Gasteiger partial charge in [0.2, 0.25) is 5.78 Å². The summed E-state index contributed by atoms with van der Waals surface area (Å²) in [7, 11) is -3.71. The molecule has 0 spiro atoms. The van der Waals surface area contributed by atoms with Gasteiger partial charge < -0.3 is 0 Å². The van der Waals surface area contributed by atoms with Crippen molar-refractivity contribution in [3.05, 3.63) is 69.8 Å². The molecule has 0 aromatic heterocycles. The van der Waals surface area contributed by atoms with Crippen LogP contribution in [0.15, 0.2) is 63.6 Å². The van der Waals surface area contributed by atoms with Crippen LogP contribution in [0.1, 0.15) is 15.9 Å². The Bertz CT molecular complexity index is 872. The second-order valence-electron chi connectivity index (χ2n) is 4.54. The Hall–Kier alpha value is -1.92. The second kappa shape index (κ2) is 5.13. The third-order valence-electron chi connectivity index (χ3n) is 3.07. The minimum atomic E-state index is -3.71. The standard InChI is InChI=1S/C15H10BrNO3S/c16-11-5-3-4-10(8-11)9-13-15(18)12-6-1-2-7-14(12)21(19,20)17-13/h1-9,17H/b13-9-. The van der Waals surface area contributed by atoms with Gasteiger partial charge in [-0.05, 0) is 35.9 Å². The van der Waals surface area contributed by atoms with Crippen molar-refractivity contribution in [1.82, 2.24) is 4.72 Å². The third-order valence-corrected chi connectivity index (χ3v) is 4.99. The predicted molar refractivity (Wildman–Crippen MR) is 83.2 cm³/mol. The molecule has 0 amide bonds. The fourth-order valence-corrected chi connectivity index (χ4v) is 3.81. The maximum atomic E-state index is 12.4. The van der Waals surface area contributed by atoms with Crippen molar-refractivity contribution in [2.45, 2.75) is 4.90 Å². The first kappa shape index (κ1) is 14.0. The molecule has 0 bridgehead atoms. The largest absolute Gasteiger partial charge is 0.287 e. The monoisotopic (exact) mass is 363 g/mol. The van der Waals surface area contributed by atoms with E-state index in [9.17, 15) is 13.2 Å². The van der Waals surface area contributed by atoms with Gasteiger partial charge in [-0.1, -0.05) is 40.2 Å². The normalized spacial score (nSPS) is 18.1. The number of carbonyl (C=O) groups excluding carboxylic acids is 1. The Morgan fingerprint density at radius 1 is 1.05 bits per heavy atom. The molecule has 1 N–H and O–H groups in total. The summed E-state index contributed by atoms with van der Waals surface area (Å²) >= 11 is 3.34. The van der Waals surface area contributed by atoms with Gasteiger partial charge in [0.25, 0.3) is 10.0 Å². The zero-order chi connectivity index (χ0) is 15.0. The SMILES string of the molecule is O=C1/C(=C/c2cccc(Br)c2)NS(=O)(=O)c2ccccc21. The summed E-state index contributed by atoms with van der Waals surface area (Å²) in [6.07, 6.45) is 1.53. The first-order valence-corrected chi connectivity index (χ1v) is 8.39. The lowest BCUT2D eigenvalue weighted by molar-refractivity contribution is 0.102. The Morgan fingerprint density at radius 2 is 1.81 bits per heavy atom. The predicted octanol–water partition coefficient (Wildman–Crippen LogP) is 2.96. The van der Waals surface area contributed by atoms with Crippen LogP contribution in [0.3, 0.4) is 0 Å². The highest BCUT2D eigenvalue weighted by molar-refractivity contribution is 9.10. The molecule has 0 radical (unpaired) electrons. The van der Waals surface area contributed by atoms with Gasteiger partial charge in [-0.3, -0.25) is 9.52 Å². The average Bonchev–Trinajstić information content (AvgIpc) is 2.44. The summed E-state index contributed by atoms with van der Waals surface area (Å²) in [5.74, 6) is -0.333. The van der Waals surface area contributed by atoms with E-state index in [1.54, 1.807) is 24.3 Å². The molecule has 1 heterocycles. The van der Waals surface area contributed by atoms with Crippen LogP contribution in [-0.2, 0) is 10.0 Å². The molecule has 0 saturated carbocycles. The number of allylic oxidation sites excluding steroid dienone is 1. The zero-order valence-electron chi connectivity index (χ0n) is 10.7. The van der Waals surface area contributed by atoms with E-state index in [0.717, 1.165) is 10.0 Å². The van der Waals surface area contributed by atoms with E-state index in [1.807, 2.05) is 12.1 Å². The summed E-state index contributed by atoms with van der Waals surface area (Å²) in [5, 5.41) is 0. The second-order valence-corrected chi connectivity index (χ2v) is 7.11. The highest BCUT2D eigenvalue weighted by Gasteiger charge is 2.31. The van der Waals surface area contributed by atoms with Gasteiger partial charge in [-0.15, -0.1) is 0 Å². The fourth-order valence-electron chi connectivity index (χ4n) is 2.14. The van der Waals surface area contributed by atoms with E-state index >= 15 is 0 Å². The third kappa shape index (κ3) is 2.64. The van der Waals surface area contributed by atoms with E-state index in [-0.39, 0.29) is 21.9 Å². The van der Waals surface area contributed by atoms with Crippen LogP contribution in [0, 0.1) is 0 Å². The number of sulfonamides is 1. The van der Waals surface area contributed by atoms with E-state index in [1.165, 1.54) is 18.2 Å². The maximum Gasteiger partial charge on any atom is 0.262 e. The molecular formula is C15H10BrNO3S. The Morgan fingerprint density at radius 3 is 2.57 bits per heavy atom. The summed E-state index contributed by atoms with van der Waals surface area (Å²) in [6.45, 7) is 0.